The van der Waals surface area contributed by atoms with Crippen LogP contribution in [0.3, 0.4) is 0 Å². The molecule has 0 fully saturated rings. The summed E-state index contributed by atoms with van der Waals surface area (Å²) in [4.78, 5) is 107. The van der Waals surface area contributed by atoms with Crippen molar-refractivity contribution in [2.45, 2.75) is 61.2 Å². The normalized spacial score (nSPS) is 21.4. The van der Waals surface area contributed by atoms with Crippen molar-refractivity contribution in [1.82, 2.24) is 37.2 Å². The zero-order valence-corrected chi connectivity index (χ0v) is 50.1. The molecule has 6 heterocycles. The highest BCUT2D eigenvalue weighted by molar-refractivity contribution is 6.33. The molecule has 470 valence electrons. The Morgan fingerprint density at radius 3 is 1.95 bits per heavy atom. The standard InChI is InChI=1S/C64H59Cl2N9O16/c1-67-50-30-8-15-43(78)46(22-30)90-35-26-39(49(66)44(79)27-35)54-63(87)71-52-32-23-47(89-34-11-5-28(6-12-34)19-41(58(82)72-54)69-60(50)84)57(81)48(24-32)91-45-16-9-31(21-40(45)65)56(80)55-64(88)73-53(59(83)68-17-4-18-75(2)3)38-25-33(76)10-13-36(38)37-20-29(7-14-42(37)77)51(61(85)74-55)70-62(52)86/h5-16,20-27,41,50-56,67,76-81H,4,17-19H2,1-3H3,(H,68,83)(H,69,84)(H,70,86)(H,71,87)(H,72,82)(H,73,88)(H,74,85)/p+2/t41-,50-,51-,52-,53+,54+,55+,56-/m1/s1. The highest BCUT2D eigenvalue weighted by atomic mass is 35.5. The summed E-state index contributed by atoms with van der Waals surface area (Å²) in [6, 6.07) is 13.8. The van der Waals surface area contributed by atoms with Gasteiger partial charge in [-0.1, -0.05) is 53.5 Å². The summed E-state index contributed by atoms with van der Waals surface area (Å²) in [7, 11) is 5.46. The zero-order valence-electron chi connectivity index (χ0n) is 48.6. The Morgan fingerprint density at radius 2 is 1.22 bits per heavy atom. The minimum Gasteiger partial charge on any atom is -0.508 e. The topological polar surface area (TPSA) is 374 Å². The van der Waals surface area contributed by atoms with Gasteiger partial charge in [0.2, 0.25) is 41.2 Å². The Bertz CT molecular complexity index is 4120. The van der Waals surface area contributed by atoms with Crippen LogP contribution in [0.1, 0.15) is 81.7 Å². The molecule has 0 aromatic heterocycles. The van der Waals surface area contributed by atoms with Crippen molar-refractivity contribution in [2.75, 3.05) is 34.2 Å². The van der Waals surface area contributed by atoms with Crippen molar-refractivity contribution in [3.63, 3.8) is 0 Å². The van der Waals surface area contributed by atoms with Crippen LogP contribution in [0.5, 0.6) is 63.2 Å². The number of hydrogen-bond donors (Lipinski definition) is 15. The quantitative estimate of drug-likeness (QED) is 0.106. The molecule has 0 aliphatic carbocycles. The van der Waals surface area contributed by atoms with Crippen LogP contribution in [0.4, 0.5) is 0 Å². The fraction of sp³-hybridized carbons (Fsp3) is 0.234. The van der Waals surface area contributed by atoms with E-state index in [0.29, 0.717) is 24.1 Å². The number of amides is 7. The van der Waals surface area contributed by atoms with E-state index in [1.54, 1.807) is 24.5 Å². The van der Waals surface area contributed by atoms with Crippen molar-refractivity contribution >= 4 is 64.6 Å². The number of aromatic hydroxyl groups is 5. The second-order valence-corrected chi connectivity index (χ2v) is 23.3. The summed E-state index contributed by atoms with van der Waals surface area (Å²) in [5, 5.41) is 89.3. The van der Waals surface area contributed by atoms with Crippen molar-refractivity contribution < 1.29 is 88.6 Å². The van der Waals surface area contributed by atoms with Gasteiger partial charge in [-0.15, -0.1) is 0 Å². The number of aliphatic hydroxyl groups is 1. The molecule has 8 atom stereocenters. The predicted molar refractivity (Wildman–Crippen MR) is 325 cm³/mol. The van der Waals surface area contributed by atoms with Gasteiger partial charge in [0.15, 0.2) is 29.0 Å². The lowest BCUT2D eigenvalue weighted by Gasteiger charge is -2.31. The van der Waals surface area contributed by atoms with Crippen molar-refractivity contribution in [1.29, 1.82) is 0 Å². The molecule has 0 saturated carbocycles. The first-order chi connectivity index (χ1) is 43.5. The first-order valence-electron chi connectivity index (χ1n) is 28.7. The van der Waals surface area contributed by atoms with E-state index in [4.69, 9.17) is 37.4 Å². The van der Waals surface area contributed by atoms with Gasteiger partial charge in [-0.25, -0.2) is 0 Å². The van der Waals surface area contributed by atoms with Crippen LogP contribution < -0.4 is 61.6 Å². The van der Waals surface area contributed by atoms with Crippen molar-refractivity contribution in [2.24, 2.45) is 0 Å². The van der Waals surface area contributed by atoms with E-state index in [-0.39, 0.29) is 91.4 Å². The number of phenolic OH excluding ortho intramolecular Hbond substituents is 5. The van der Waals surface area contributed by atoms with Gasteiger partial charge in [0.25, 0.3) is 5.91 Å². The van der Waals surface area contributed by atoms with Crippen LogP contribution >= 0.6 is 23.2 Å². The molecule has 25 nitrogen and oxygen atoms in total. The van der Waals surface area contributed by atoms with E-state index in [2.05, 4.69) is 37.2 Å². The maximum atomic E-state index is 15.9. The largest absolute Gasteiger partial charge is 0.508 e. The average molecular weight is 1280 g/mol. The number of hydrogen-bond acceptors (Lipinski definition) is 16. The molecule has 6 aliphatic rings. The summed E-state index contributed by atoms with van der Waals surface area (Å²) in [6.45, 7) is 0.792. The zero-order chi connectivity index (χ0) is 64.7. The molecule has 13 rings (SSSR count). The van der Waals surface area contributed by atoms with E-state index in [9.17, 15) is 40.2 Å². The van der Waals surface area contributed by atoms with Gasteiger partial charge in [-0.3, -0.25) is 33.6 Å². The third-order valence-corrected chi connectivity index (χ3v) is 16.6. The molecular weight excluding hydrogens is 1220 g/mol. The van der Waals surface area contributed by atoms with Gasteiger partial charge >= 0.3 is 0 Å². The third-order valence-electron chi connectivity index (χ3n) is 15.9. The van der Waals surface area contributed by atoms with E-state index in [1.165, 1.54) is 97.1 Å². The third kappa shape index (κ3) is 13.0. The fourth-order valence-electron chi connectivity index (χ4n) is 11.2. The summed E-state index contributed by atoms with van der Waals surface area (Å²) >= 11 is 13.8. The molecule has 17 bridgehead atoms. The fourth-order valence-corrected chi connectivity index (χ4v) is 11.7. The molecular formula is C64H61Cl2N9O16+2. The molecule has 7 aromatic rings. The average Bonchev–Trinajstić information content (AvgIpc) is 0.901. The molecule has 7 amide bonds. The van der Waals surface area contributed by atoms with E-state index >= 15 is 24.0 Å². The van der Waals surface area contributed by atoms with E-state index < -0.39 is 124 Å². The first kappa shape index (κ1) is 62.3. The molecule has 0 spiro atoms. The number of ether oxygens (including phenoxy) is 3. The number of likely N-dealkylation sites (N-methyl/N-ethyl adjacent to an activating group) is 1. The lowest BCUT2D eigenvalue weighted by atomic mass is 9.90. The van der Waals surface area contributed by atoms with Crippen LogP contribution in [0.25, 0.3) is 11.1 Å². The maximum absolute atomic E-state index is 15.9. The van der Waals surface area contributed by atoms with Gasteiger partial charge < -0.3 is 92.3 Å². The second kappa shape index (κ2) is 25.7. The van der Waals surface area contributed by atoms with Crippen LogP contribution in [0, 0.1) is 0 Å². The number of halogens is 2. The summed E-state index contributed by atoms with van der Waals surface area (Å²) in [5.74, 6) is -11.2. The minimum absolute atomic E-state index is 0.0464. The Hall–Kier alpha value is -10.3. The number of benzene rings is 7. The molecule has 0 unspecified atom stereocenters. The molecule has 0 saturated heterocycles. The number of carbonyl (C=O) groups excluding carboxylic acids is 7. The smallest absolute Gasteiger partial charge is 0.283 e. The lowest BCUT2D eigenvalue weighted by Crippen LogP contribution is -3.05. The summed E-state index contributed by atoms with van der Waals surface area (Å²) in [5.41, 5.74) is -0.0733. The van der Waals surface area contributed by atoms with Crippen LogP contribution in [0.15, 0.2) is 121 Å². The number of carbonyl (C=O) groups is 7. The molecule has 7 aromatic carbocycles. The minimum atomic E-state index is -2.11. The molecule has 16 N–H and O–H groups in total. The highest BCUT2D eigenvalue weighted by Crippen LogP contribution is 2.47. The van der Waals surface area contributed by atoms with Crippen molar-refractivity contribution in [3.8, 4) is 74.4 Å². The van der Waals surface area contributed by atoms with Gasteiger partial charge in [0, 0.05) is 42.1 Å². The number of nitrogens with one attached hydrogen (secondary N) is 8. The summed E-state index contributed by atoms with van der Waals surface area (Å²) < 4.78 is 18.7. The number of quaternary nitrogens is 2. The number of nitrogens with two attached hydrogens (primary N) is 1. The van der Waals surface area contributed by atoms with Crippen LogP contribution in [0.2, 0.25) is 10.0 Å². The van der Waals surface area contributed by atoms with Crippen LogP contribution in [-0.2, 0) is 40.0 Å². The van der Waals surface area contributed by atoms with Crippen molar-refractivity contribution in [3.05, 3.63) is 170 Å². The number of aliphatic hydroxyl groups excluding tert-OH is 1. The predicted octanol–water partition coefficient (Wildman–Crippen LogP) is 3.08. The Balaban J connectivity index is 1.12. The van der Waals surface area contributed by atoms with Gasteiger partial charge in [-0.2, -0.15) is 0 Å². The number of rotatable bonds is 6. The van der Waals surface area contributed by atoms with Gasteiger partial charge in [0.1, 0.15) is 76.9 Å². The number of fused-ring (bicyclic) bond motifs is 14. The van der Waals surface area contributed by atoms with E-state index in [1.807, 2.05) is 14.1 Å². The van der Waals surface area contributed by atoms with E-state index in [0.717, 1.165) is 17.0 Å². The Morgan fingerprint density at radius 1 is 0.571 bits per heavy atom. The first-order valence-corrected chi connectivity index (χ1v) is 29.4. The Labute approximate surface area is 528 Å². The molecule has 91 heavy (non-hydrogen) atoms. The van der Waals surface area contributed by atoms with Gasteiger partial charge in [-0.05, 0) is 118 Å². The number of phenols is 5. The SMILES string of the molecule is C[NH2+][C@H]1C(=O)N[C@@H]2Cc3ccc(cc3)Oc3cc4cc(c3O)Oc3ccc(cc3Cl)[C@@H](O)[C@@H]3NC(=O)[C@H](NC(=O)[C@@H]4NC(=O)[C@@H](NC2=O)c2cc(cc(O)c2Cl)Oc2cc1ccc2O)c1ccc(O)c(c1)-c1ccc(O)cc1[C@@H](C(=O)NCCC[NH+](C)C)NC3=O. The molecule has 27 heteroatoms. The molecule has 0 radical (unpaired) electrons. The second-order valence-electron chi connectivity index (χ2n) is 22.5. The monoisotopic (exact) mass is 1280 g/mol. The lowest BCUT2D eigenvalue weighted by molar-refractivity contribution is -0.858. The maximum Gasteiger partial charge on any atom is 0.283 e. The summed E-state index contributed by atoms with van der Waals surface area (Å²) in [6.07, 6.45) is -1.73. The van der Waals surface area contributed by atoms with Gasteiger partial charge in [0.05, 0.1) is 37.7 Å². The highest BCUT2D eigenvalue weighted by Gasteiger charge is 2.41. The molecule has 6 aliphatic heterocycles. The Kier molecular flexibility index (Phi) is 17.6. The van der Waals surface area contributed by atoms with Crippen LogP contribution in [-0.4, -0.2) is 118 Å².